The average molecular weight is 583 g/mol. The topological polar surface area (TPSA) is 145 Å². The fourth-order valence-electron chi connectivity index (χ4n) is 5.79. The minimum atomic E-state index is -0.0762. The van der Waals surface area contributed by atoms with Crippen LogP contribution in [0.5, 0.6) is 0 Å². The molecule has 0 saturated carbocycles. The molecule has 1 aromatic carbocycles. The third kappa shape index (κ3) is 5.93. The van der Waals surface area contributed by atoms with Crippen molar-refractivity contribution in [2.75, 3.05) is 33.7 Å². The van der Waals surface area contributed by atoms with Crippen LogP contribution in [-0.4, -0.2) is 84.8 Å². The van der Waals surface area contributed by atoms with Gasteiger partial charge in [0.1, 0.15) is 11.4 Å². The number of rotatable bonds is 10. The van der Waals surface area contributed by atoms with Gasteiger partial charge >= 0.3 is 0 Å². The van der Waals surface area contributed by atoms with E-state index in [2.05, 4.69) is 66.6 Å². The van der Waals surface area contributed by atoms with Gasteiger partial charge in [0.15, 0.2) is 5.82 Å². The summed E-state index contributed by atoms with van der Waals surface area (Å²) in [5.41, 5.74) is 6.69. The molecule has 43 heavy (non-hydrogen) atoms. The number of hydrogen-bond acceptors (Lipinski definition) is 9. The molecule has 0 atom stereocenters. The minimum Gasteiger partial charge on any atom is -0.424 e. The van der Waals surface area contributed by atoms with Crippen LogP contribution in [0.15, 0.2) is 41.2 Å². The van der Waals surface area contributed by atoms with Crippen molar-refractivity contribution in [3.63, 3.8) is 0 Å². The van der Waals surface area contributed by atoms with Gasteiger partial charge in [-0.25, -0.2) is 4.98 Å². The summed E-state index contributed by atoms with van der Waals surface area (Å²) >= 11 is 0. The van der Waals surface area contributed by atoms with Crippen molar-refractivity contribution < 1.29 is 9.21 Å². The summed E-state index contributed by atoms with van der Waals surface area (Å²) in [4.78, 5) is 29.6. The smallest absolute Gasteiger partial charge is 0.271 e. The molecule has 6 rings (SSSR count). The van der Waals surface area contributed by atoms with Crippen LogP contribution in [0.1, 0.15) is 66.0 Å². The lowest BCUT2D eigenvalue weighted by Gasteiger charge is -2.30. The molecule has 0 aliphatic carbocycles. The molecule has 1 amide bonds. The molecule has 12 nitrogen and oxygen atoms in total. The maximum absolute atomic E-state index is 13.4. The van der Waals surface area contributed by atoms with Crippen LogP contribution >= 0.6 is 0 Å². The number of fused-ring (bicyclic) bond motifs is 1. The molecule has 0 radical (unpaired) electrons. The quantitative estimate of drug-likeness (QED) is 0.221. The van der Waals surface area contributed by atoms with Gasteiger partial charge in [0.2, 0.25) is 11.8 Å². The Kier molecular flexibility index (Phi) is 8.30. The number of likely N-dealkylation sites (tertiary alicyclic amines) is 1. The number of nitrogens with one attached hydrogen (secondary N) is 3. The fraction of sp³-hybridized carbons (Fsp3) is 0.419. The zero-order chi connectivity index (χ0) is 29.9. The zero-order valence-electron chi connectivity index (χ0n) is 25.1. The third-order valence-corrected chi connectivity index (χ3v) is 8.04. The Morgan fingerprint density at radius 2 is 1.98 bits per heavy atom. The number of benzene rings is 1. The van der Waals surface area contributed by atoms with Crippen LogP contribution in [0, 0.1) is 0 Å². The highest BCUT2D eigenvalue weighted by atomic mass is 16.4. The van der Waals surface area contributed by atoms with Gasteiger partial charge in [0.25, 0.3) is 5.91 Å². The number of amides is 1. The van der Waals surface area contributed by atoms with Crippen molar-refractivity contribution in [3.05, 3.63) is 65.4 Å². The average Bonchev–Trinajstić information content (AvgIpc) is 3.79. The maximum Gasteiger partial charge on any atom is 0.271 e. The summed E-state index contributed by atoms with van der Waals surface area (Å²) in [7, 11) is 3.93. The summed E-state index contributed by atoms with van der Waals surface area (Å²) in [6, 6.07) is 6.25. The van der Waals surface area contributed by atoms with E-state index < -0.39 is 0 Å². The highest BCUT2D eigenvalue weighted by Crippen LogP contribution is 2.32. The second-order valence-corrected chi connectivity index (χ2v) is 11.3. The molecule has 12 heteroatoms. The first-order chi connectivity index (χ1) is 20.9. The van der Waals surface area contributed by atoms with E-state index in [0.717, 1.165) is 54.4 Å². The first-order valence-corrected chi connectivity index (χ1v) is 14.9. The van der Waals surface area contributed by atoms with Crippen LogP contribution in [0.3, 0.4) is 0 Å². The Hall–Kier alpha value is -4.42. The molecule has 3 N–H and O–H groups in total. The largest absolute Gasteiger partial charge is 0.424 e. The predicted octanol–water partition coefficient (Wildman–Crippen LogP) is 4.15. The van der Waals surface area contributed by atoms with Crippen molar-refractivity contribution in [3.8, 4) is 22.6 Å². The van der Waals surface area contributed by atoms with Gasteiger partial charge in [-0.2, -0.15) is 5.10 Å². The molecule has 0 unspecified atom stereocenters. The number of piperidine rings is 1. The lowest BCUT2D eigenvalue weighted by atomic mass is 9.95. The first-order valence-electron chi connectivity index (χ1n) is 14.9. The standard InChI is InChI=1S/C31H38N10O2/c1-5-22-21(14-32-6-2)15-33-16-24(22)20-7-8-25-23(13-20)28(38-36-25)29-34-17-26(35-29)31(42)41-11-9-19(10-12-41)30-39-37-27(43-30)18-40(3)4/h7-8,13,15-17,19,32H,5-6,9-12,14,18H2,1-4H3,(H,34,35)(H,36,38). The third-order valence-electron chi connectivity index (χ3n) is 8.04. The van der Waals surface area contributed by atoms with Crippen molar-refractivity contribution in [1.82, 2.24) is 50.5 Å². The van der Waals surface area contributed by atoms with E-state index in [4.69, 9.17) is 4.42 Å². The highest BCUT2D eigenvalue weighted by Gasteiger charge is 2.29. The number of aromatic nitrogens is 7. The van der Waals surface area contributed by atoms with Gasteiger partial charge in [-0.15, -0.1) is 10.2 Å². The number of nitrogens with zero attached hydrogens (tertiary/aromatic N) is 7. The summed E-state index contributed by atoms with van der Waals surface area (Å²) < 4.78 is 5.87. The first kappa shape index (κ1) is 28.7. The fourth-order valence-corrected chi connectivity index (χ4v) is 5.79. The Balaban J connectivity index is 1.18. The van der Waals surface area contributed by atoms with Crippen LogP contribution < -0.4 is 5.32 Å². The molecule has 1 fully saturated rings. The number of hydrogen-bond donors (Lipinski definition) is 3. The van der Waals surface area contributed by atoms with E-state index in [1.54, 1.807) is 6.20 Å². The maximum atomic E-state index is 13.4. The molecule has 1 saturated heterocycles. The van der Waals surface area contributed by atoms with Crippen LogP contribution in [-0.2, 0) is 19.5 Å². The number of pyridine rings is 1. The molecule has 1 aliphatic rings. The van der Waals surface area contributed by atoms with E-state index in [0.29, 0.717) is 48.6 Å². The monoisotopic (exact) mass is 582 g/mol. The van der Waals surface area contributed by atoms with Crippen molar-refractivity contribution in [2.45, 2.75) is 52.1 Å². The molecule has 224 valence electrons. The Labute approximate surface area is 250 Å². The van der Waals surface area contributed by atoms with Crippen molar-refractivity contribution in [2.24, 2.45) is 0 Å². The number of imidazole rings is 1. The number of H-pyrrole nitrogens is 2. The lowest BCUT2D eigenvalue weighted by molar-refractivity contribution is 0.0700. The number of carbonyl (C=O) groups excluding carboxylic acids is 1. The van der Waals surface area contributed by atoms with Gasteiger partial charge < -0.3 is 24.5 Å². The van der Waals surface area contributed by atoms with Crippen LogP contribution in [0.2, 0.25) is 0 Å². The van der Waals surface area contributed by atoms with E-state index in [-0.39, 0.29) is 11.8 Å². The normalized spacial score (nSPS) is 14.3. The molecular weight excluding hydrogens is 544 g/mol. The molecule has 1 aliphatic heterocycles. The lowest BCUT2D eigenvalue weighted by Crippen LogP contribution is -2.38. The van der Waals surface area contributed by atoms with Gasteiger partial charge in [0.05, 0.1) is 18.3 Å². The van der Waals surface area contributed by atoms with Gasteiger partial charge in [0, 0.05) is 48.9 Å². The summed E-state index contributed by atoms with van der Waals surface area (Å²) in [6.07, 6.45) is 7.93. The Morgan fingerprint density at radius 3 is 2.74 bits per heavy atom. The predicted molar refractivity (Wildman–Crippen MR) is 163 cm³/mol. The summed E-state index contributed by atoms with van der Waals surface area (Å²) in [5, 5.41) is 20.4. The molecule has 0 bridgehead atoms. The molecule has 5 aromatic rings. The van der Waals surface area contributed by atoms with Crippen LogP contribution in [0.25, 0.3) is 33.5 Å². The van der Waals surface area contributed by atoms with Crippen molar-refractivity contribution >= 4 is 16.8 Å². The Bertz CT molecular complexity index is 1710. The molecule has 0 spiro atoms. The second-order valence-electron chi connectivity index (χ2n) is 11.3. The molecule has 5 heterocycles. The van der Waals surface area contributed by atoms with E-state index in [1.165, 1.54) is 11.1 Å². The van der Waals surface area contributed by atoms with E-state index in [1.807, 2.05) is 42.4 Å². The molecular formula is C31H38N10O2. The van der Waals surface area contributed by atoms with E-state index in [9.17, 15) is 4.79 Å². The number of aromatic amines is 2. The SMILES string of the molecule is CCNCc1cncc(-c2ccc3[nH]nc(-c4ncc(C(=O)N5CCC(c6nnc(CN(C)C)o6)CC5)[nH]4)c3c2)c1CC. The van der Waals surface area contributed by atoms with Crippen molar-refractivity contribution in [1.29, 1.82) is 0 Å². The van der Waals surface area contributed by atoms with Gasteiger partial charge in [-0.05, 0) is 68.7 Å². The van der Waals surface area contributed by atoms with Gasteiger partial charge in [-0.1, -0.05) is 19.9 Å². The second kappa shape index (κ2) is 12.4. The summed E-state index contributed by atoms with van der Waals surface area (Å²) in [5.74, 6) is 1.90. The highest BCUT2D eigenvalue weighted by molar-refractivity contribution is 5.96. The summed E-state index contributed by atoms with van der Waals surface area (Å²) in [6.45, 7) is 7.80. The molecule has 4 aromatic heterocycles. The zero-order valence-corrected chi connectivity index (χ0v) is 25.1. The van der Waals surface area contributed by atoms with Gasteiger partial charge in [-0.3, -0.25) is 14.9 Å². The van der Waals surface area contributed by atoms with Crippen LogP contribution in [0.4, 0.5) is 0 Å². The van der Waals surface area contributed by atoms with E-state index >= 15 is 0 Å². The number of carbonyl (C=O) groups is 1. The Morgan fingerprint density at radius 1 is 1.14 bits per heavy atom. The minimum absolute atomic E-state index is 0.0762.